The van der Waals surface area contributed by atoms with Gasteiger partial charge in [-0.3, -0.25) is 0 Å². The number of likely N-dealkylation sites (N-methyl/N-ethyl adjacent to an activating group) is 1. The molecule has 0 amide bonds. The van der Waals surface area contributed by atoms with E-state index in [0.29, 0.717) is 0 Å². The number of rotatable bonds is 0. The first kappa shape index (κ1) is 11.0. The van der Waals surface area contributed by atoms with Crippen LogP contribution in [0.4, 0.5) is 0 Å². The number of thiophene rings is 1. The van der Waals surface area contributed by atoms with Crippen molar-refractivity contribution in [3.63, 3.8) is 0 Å². The number of piperidine rings is 1. The van der Waals surface area contributed by atoms with Crippen LogP contribution in [0, 0.1) is 5.92 Å². The van der Waals surface area contributed by atoms with Crippen molar-refractivity contribution in [1.82, 2.24) is 4.90 Å². The minimum atomic E-state index is 0.730. The van der Waals surface area contributed by atoms with E-state index in [9.17, 15) is 0 Å². The standard InChI is InChI=1S/C16H19NS/c1-10-6-13-12-4-3-5-15-16(12)11(9-18-15)7-14(13)17(2)8-10/h3-5,9-10,13-14H,6-8H2,1-2H3/t10?,13?,14-/m1/s1. The fourth-order valence-corrected chi connectivity index (χ4v) is 5.11. The molecule has 18 heavy (non-hydrogen) atoms. The smallest absolute Gasteiger partial charge is 0.0348 e. The maximum Gasteiger partial charge on any atom is 0.0348 e. The summed E-state index contributed by atoms with van der Waals surface area (Å²) in [4.78, 5) is 2.60. The fraction of sp³-hybridized carbons (Fsp3) is 0.500. The Balaban J connectivity index is 1.92. The molecule has 0 N–H and O–H groups in total. The van der Waals surface area contributed by atoms with Crippen LogP contribution in [0.2, 0.25) is 0 Å². The highest BCUT2D eigenvalue weighted by Crippen LogP contribution is 2.45. The lowest BCUT2D eigenvalue weighted by Crippen LogP contribution is -2.47. The summed E-state index contributed by atoms with van der Waals surface area (Å²) in [7, 11) is 2.31. The molecule has 1 aliphatic carbocycles. The van der Waals surface area contributed by atoms with Crippen LogP contribution in [0.25, 0.3) is 10.1 Å². The largest absolute Gasteiger partial charge is 0.302 e. The number of fused-ring (bicyclic) bond motifs is 2. The third-order valence-electron chi connectivity index (χ3n) is 4.82. The minimum absolute atomic E-state index is 0.730. The molecule has 2 aliphatic rings. The molecule has 2 unspecified atom stereocenters. The molecule has 2 heteroatoms. The van der Waals surface area contributed by atoms with Crippen molar-refractivity contribution in [1.29, 1.82) is 0 Å². The molecule has 0 bridgehead atoms. The van der Waals surface area contributed by atoms with E-state index in [1.54, 1.807) is 16.5 Å². The van der Waals surface area contributed by atoms with Crippen LogP contribution in [0.1, 0.15) is 30.4 Å². The molecule has 4 rings (SSSR count). The van der Waals surface area contributed by atoms with Gasteiger partial charge >= 0.3 is 0 Å². The van der Waals surface area contributed by atoms with E-state index in [1.165, 1.54) is 24.1 Å². The van der Waals surface area contributed by atoms with Gasteiger partial charge in [0.1, 0.15) is 0 Å². The molecule has 2 heterocycles. The van der Waals surface area contributed by atoms with Crippen molar-refractivity contribution in [2.45, 2.75) is 31.7 Å². The van der Waals surface area contributed by atoms with E-state index < -0.39 is 0 Å². The Labute approximate surface area is 112 Å². The summed E-state index contributed by atoms with van der Waals surface area (Å²) in [6.07, 6.45) is 2.62. The van der Waals surface area contributed by atoms with E-state index in [1.807, 2.05) is 11.3 Å². The topological polar surface area (TPSA) is 3.24 Å². The fourth-order valence-electron chi connectivity index (χ4n) is 4.10. The quantitative estimate of drug-likeness (QED) is 0.692. The van der Waals surface area contributed by atoms with Gasteiger partial charge in [0.2, 0.25) is 0 Å². The first-order valence-electron chi connectivity index (χ1n) is 6.93. The summed E-state index contributed by atoms with van der Waals surface area (Å²) in [5.41, 5.74) is 3.21. The summed E-state index contributed by atoms with van der Waals surface area (Å²) < 4.78 is 1.49. The Morgan fingerprint density at radius 1 is 1.33 bits per heavy atom. The van der Waals surface area contributed by atoms with Gasteiger partial charge < -0.3 is 4.90 Å². The van der Waals surface area contributed by atoms with Crippen molar-refractivity contribution in [2.24, 2.45) is 5.92 Å². The molecule has 0 spiro atoms. The number of benzene rings is 1. The molecule has 1 aromatic heterocycles. The lowest BCUT2D eigenvalue weighted by Gasteiger charge is -2.44. The lowest BCUT2D eigenvalue weighted by atomic mass is 9.73. The SMILES string of the molecule is CC1CC2c3cccc4scc(c34)C[C@H]2N(C)C1. The van der Waals surface area contributed by atoms with Crippen LogP contribution in [0.3, 0.4) is 0 Å². The van der Waals surface area contributed by atoms with Gasteiger partial charge in [0.05, 0.1) is 0 Å². The van der Waals surface area contributed by atoms with Gasteiger partial charge in [0.15, 0.2) is 0 Å². The van der Waals surface area contributed by atoms with Gasteiger partial charge in [-0.2, -0.15) is 0 Å². The van der Waals surface area contributed by atoms with Crippen LogP contribution < -0.4 is 0 Å². The molecular weight excluding hydrogens is 238 g/mol. The van der Waals surface area contributed by atoms with Crippen molar-refractivity contribution in [3.05, 3.63) is 34.7 Å². The summed E-state index contributed by atoms with van der Waals surface area (Å²) >= 11 is 1.92. The summed E-state index contributed by atoms with van der Waals surface area (Å²) in [6, 6.07) is 7.64. The molecular formula is C16H19NS. The molecule has 1 aliphatic heterocycles. The minimum Gasteiger partial charge on any atom is -0.302 e. The monoisotopic (exact) mass is 257 g/mol. The molecule has 1 nitrogen and oxygen atoms in total. The van der Waals surface area contributed by atoms with Gasteiger partial charge in [0.25, 0.3) is 0 Å². The van der Waals surface area contributed by atoms with Crippen molar-refractivity contribution < 1.29 is 0 Å². The maximum atomic E-state index is 2.60. The first-order chi connectivity index (χ1) is 8.74. The van der Waals surface area contributed by atoms with Crippen LogP contribution in [0.5, 0.6) is 0 Å². The zero-order valence-electron chi connectivity index (χ0n) is 11.0. The second-order valence-corrected chi connectivity index (χ2v) is 7.05. The van der Waals surface area contributed by atoms with Crippen LogP contribution >= 0.6 is 11.3 Å². The maximum absolute atomic E-state index is 2.60. The predicted octanol–water partition coefficient (Wildman–Crippen LogP) is 3.88. The number of hydrogen-bond acceptors (Lipinski definition) is 2. The van der Waals surface area contributed by atoms with Crippen LogP contribution in [0.15, 0.2) is 23.6 Å². The third-order valence-corrected chi connectivity index (χ3v) is 5.82. The van der Waals surface area contributed by atoms with E-state index in [-0.39, 0.29) is 0 Å². The van der Waals surface area contributed by atoms with Gasteiger partial charge in [-0.25, -0.2) is 0 Å². The molecule has 1 fully saturated rings. The van der Waals surface area contributed by atoms with E-state index in [2.05, 4.69) is 42.5 Å². The molecule has 0 radical (unpaired) electrons. The molecule has 2 aromatic rings. The summed E-state index contributed by atoms with van der Waals surface area (Å²) in [5.74, 6) is 1.58. The molecule has 1 saturated heterocycles. The third kappa shape index (κ3) is 1.42. The Morgan fingerprint density at radius 3 is 3.11 bits per heavy atom. The van der Waals surface area contributed by atoms with Gasteiger partial charge in [-0.1, -0.05) is 19.1 Å². The summed E-state index contributed by atoms with van der Waals surface area (Å²) in [5, 5.41) is 3.97. The summed E-state index contributed by atoms with van der Waals surface area (Å²) in [6.45, 7) is 3.66. The Morgan fingerprint density at radius 2 is 2.22 bits per heavy atom. The van der Waals surface area contributed by atoms with Crippen LogP contribution in [-0.4, -0.2) is 24.5 Å². The highest BCUT2D eigenvalue weighted by atomic mass is 32.1. The normalized spacial score (nSPS) is 31.6. The molecule has 1 aromatic carbocycles. The number of likely N-dealkylation sites (tertiary alicyclic amines) is 1. The van der Waals surface area contributed by atoms with E-state index in [0.717, 1.165) is 17.9 Å². The predicted molar refractivity (Wildman–Crippen MR) is 78.5 cm³/mol. The second-order valence-electron chi connectivity index (χ2n) is 6.14. The highest BCUT2D eigenvalue weighted by molar-refractivity contribution is 7.17. The zero-order valence-corrected chi connectivity index (χ0v) is 11.8. The molecule has 3 atom stereocenters. The van der Waals surface area contributed by atoms with Gasteiger partial charge in [-0.15, -0.1) is 11.3 Å². The zero-order chi connectivity index (χ0) is 12.3. The van der Waals surface area contributed by atoms with Gasteiger partial charge in [-0.05, 0) is 53.8 Å². The number of hydrogen-bond donors (Lipinski definition) is 0. The van der Waals surface area contributed by atoms with Crippen LogP contribution in [-0.2, 0) is 6.42 Å². The number of nitrogens with zero attached hydrogens (tertiary/aromatic N) is 1. The van der Waals surface area contributed by atoms with Crippen molar-refractivity contribution in [2.75, 3.05) is 13.6 Å². The molecule has 94 valence electrons. The average Bonchev–Trinajstić information content (AvgIpc) is 2.76. The highest BCUT2D eigenvalue weighted by Gasteiger charge is 2.37. The van der Waals surface area contributed by atoms with E-state index in [4.69, 9.17) is 0 Å². The molecule has 0 saturated carbocycles. The van der Waals surface area contributed by atoms with Crippen molar-refractivity contribution in [3.8, 4) is 0 Å². The lowest BCUT2D eigenvalue weighted by molar-refractivity contribution is 0.119. The van der Waals surface area contributed by atoms with E-state index >= 15 is 0 Å². The van der Waals surface area contributed by atoms with Crippen molar-refractivity contribution >= 4 is 21.4 Å². The Kier molecular flexibility index (Phi) is 2.33. The van der Waals surface area contributed by atoms with Gasteiger partial charge in [0, 0.05) is 23.2 Å². The second kappa shape index (κ2) is 3.82. The first-order valence-corrected chi connectivity index (χ1v) is 7.81. The average molecular weight is 257 g/mol. The Bertz CT molecular complexity index is 600. The Hall–Kier alpha value is -0.860.